The van der Waals surface area contributed by atoms with Crippen LogP contribution in [0.25, 0.3) is 0 Å². The summed E-state index contributed by atoms with van der Waals surface area (Å²) in [6, 6.07) is 19.3. The predicted octanol–water partition coefficient (Wildman–Crippen LogP) is 4.51. The molecule has 3 heterocycles. The van der Waals surface area contributed by atoms with Crippen LogP contribution in [0.15, 0.2) is 101 Å². The van der Waals surface area contributed by atoms with Gasteiger partial charge in [0.05, 0.1) is 17.4 Å². The second kappa shape index (κ2) is 9.35. The highest BCUT2D eigenvalue weighted by Crippen LogP contribution is 2.45. The summed E-state index contributed by atoms with van der Waals surface area (Å²) in [6.07, 6.45) is 5.99. The Morgan fingerprint density at radius 1 is 1.09 bits per heavy atom. The number of anilines is 1. The number of nitrogens with zero attached hydrogens (tertiary/aromatic N) is 1. The monoisotopic (exact) mass is 515 g/mol. The lowest BCUT2D eigenvalue weighted by atomic mass is 9.69. The van der Waals surface area contributed by atoms with Gasteiger partial charge in [0.15, 0.2) is 11.9 Å². The first-order valence-electron chi connectivity index (χ1n) is 11.2. The highest BCUT2D eigenvalue weighted by Gasteiger charge is 2.47. The van der Waals surface area contributed by atoms with E-state index in [1.807, 2.05) is 67.7 Å². The van der Waals surface area contributed by atoms with Crippen molar-refractivity contribution in [1.29, 1.82) is 0 Å². The Labute approximate surface area is 206 Å². The molecule has 34 heavy (non-hydrogen) atoms. The number of aromatic amines is 1. The number of carbonyl (C=O) groups is 2. The van der Waals surface area contributed by atoms with Crippen molar-refractivity contribution in [3.8, 4) is 0 Å². The summed E-state index contributed by atoms with van der Waals surface area (Å²) in [5.74, 6) is -0.623. The third-order valence-electron chi connectivity index (χ3n) is 6.37. The van der Waals surface area contributed by atoms with Crippen LogP contribution in [0, 0.1) is 5.92 Å². The van der Waals surface area contributed by atoms with Gasteiger partial charge >= 0.3 is 0 Å². The molecule has 1 aliphatic carbocycles. The van der Waals surface area contributed by atoms with Crippen LogP contribution >= 0.6 is 15.9 Å². The molecule has 1 aliphatic heterocycles. The van der Waals surface area contributed by atoms with Gasteiger partial charge in [-0.25, -0.2) is 9.97 Å². The zero-order chi connectivity index (χ0) is 23.7. The maximum absolute atomic E-state index is 13.6. The van der Waals surface area contributed by atoms with Crippen LogP contribution in [0.5, 0.6) is 0 Å². The Bertz CT molecular complexity index is 1290. The van der Waals surface area contributed by atoms with Crippen molar-refractivity contribution in [3.05, 3.63) is 112 Å². The molecule has 3 unspecified atom stereocenters. The Kier molecular flexibility index (Phi) is 6.11. The van der Waals surface area contributed by atoms with Gasteiger partial charge in [0.1, 0.15) is 11.6 Å². The molecule has 6 nitrogen and oxygen atoms in total. The molecular formula is C27H24BrN4O2+. The Hall–Kier alpha value is -3.58. The first-order valence-corrected chi connectivity index (χ1v) is 12.0. The molecule has 2 aromatic heterocycles. The molecule has 3 atom stereocenters. The van der Waals surface area contributed by atoms with Crippen LogP contribution in [0.4, 0.5) is 5.82 Å². The highest BCUT2D eigenvalue weighted by atomic mass is 79.9. The number of allylic oxidation sites excluding steroid dienone is 3. The van der Waals surface area contributed by atoms with E-state index < -0.39 is 11.8 Å². The normalized spacial score (nSPS) is 21.9. The van der Waals surface area contributed by atoms with Gasteiger partial charge in [0.2, 0.25) is 0 Å². The average molecular weight is 516 g/mol. The molecule has 0 spiro atoms. The van der Waals surface area contributed by atoms with Gasteiger partial charge in [0.25, 0.3) is 5.91 Å². The first kappa shape index (κ1) is 22.2. The number of fused-ring (bicyclic) bond motifs is 1. The number of Topliss-reactive ketones (excluding diaryl/α,β-unsaturated/α-hetero) is 1. The van der Waals surface area contributed by atoms with Crippen LogP contribution in [-0.4, -0.2) is 16.7 Å². The largest absolute Gasteiger partial charge is 0.362 e. The SMILES string of the molecule is CC1=C(C(=O)Nc2ccc(Br)cn2)C(c2cccc[nH+]2)C2C(=O)CC(c3ccccc3)C=C2N1. The predicted molar refractivity (Wildman–Crippen MR) is 133 cm³/mol. The van der Waals surface area contributed by atoms with Crippen molar-refractivity contribution in [2.24, 2.45) is 5.92 Å². The molecule has 170 valence electrons. The standard InChI is InChI=1S/C27H23BrN4O2/c1-16-24(27(34)32-23-11-10-19(28)15-30-23)26(20-9-5-6-12-29-20)25-21(31-16)13-18(14-22(25)33)17-7-3-2-4-8-17/h2-13,15,18,25-26,31H,14H2,1H3,(H,30,32,34)/p+1. The van der Waals surface area contributed by atoms with E-state index >= 15 is 0 Å². The Morgan fingerprint density at radius 3 is 2.59 bits per heavy atom. The zero-order valence-corrected chi connectivity index (χ0v) is 20.2. The second-order valence-electron chi connectivity index (χ2n) is 8.56. The van der Waals surface area contributed by atoms with Crippen LogP contribution < -0.4 is 15.6 Å². The van der Waals surface area contributed by atoms with Gasteiger partial charge in [-0.3, -0.25) is 9.59 Å². The van der Waals surface area contributed by atoms with Crippen molar-refractivity contribution >= 4 is 33.4 Å². The maximum Gasteiger partial charge on any atom is 0.255 e. The fourth-order valence-electron chi connectivity index (χ4n) is 4.86. The van der Waals surface area contributed by atoms with Crippen molar-refractivity contribution in [2.75, 3.05) is 5.32 Å². The molecule has 1 amide bonds. The number of halogens is 1. The van der Waals surface area contributed by atoms with Crippen molar-refractivity contribution < 1.29 is 14.6 Å². The van der Waals surface area contributed by atoms with Gasteiger partial charge in [-0.2, -0.15) is 0 Å². The number of amides is 1. The number of hydrogen-bond acceptors (Lipinski definition) is 4. The number of pyridine rings is 2. The van der Waals surface area contributed by atoms with Crippen molar-refractivity contribution in [3.63, 3.8) is 0 Å². The van der Waals surface area contributed by atoms with E-state index in [1.165, 1.54) is 0 Å². The number of ketones is 1. The van der Waals surface area contributed by atoms with Gasteiger partial charge in [-0.05, 0) is 40.5 Å². The van der Waals surface area contributed by atoms with E-state index in [4.69, 9.17) is 0 Å². The van der Waals surface area contributed by atoms with Gasteiger partial charge in [0, 0.05) is 46.5 Å². The molecule has 0 radical (unpaired) electrons. The fraction of sp³-hybridized carbons (Fsp3) is 0.185. The Balaban J connectivity index is 1.57. The van der Waals surface area contributed by atoms with E-state index in [-0.39, 0.29) is 17.6 Å². The number of rotatable bonds is 4. The summed E-state index contributed by atoms with van der Waals surface area (Å²) in [7, 11) is 0. The summed E-state index contributed by atoms with van der Waals surface area (Å²) in [6.45, 7) is 1.88. The number of H-pyrrole nitrogens is 1. The number of hydrogen-bond donors (Lipinski definition) is 2. The number of benzene rings is 1. The second-order valence-corrected chi connectivity index (χ2v) is 9.48. The van der Waals surface area contributed by atoms with Crippen molar-refractivity contribution in [1.82, 2.24) is 10.3 Å². The molecule has 0 saturated carbocycles. The van der Waals surface area contributed by atoms with E-state index in [9.17, 15) is 9.59 Å². The third kappa shape index (κ3) is 4.31. The summed E-state index contributed by atoms with van der Waals surface area (Å²) < 4.78 is 0.826. The zero-order valence-electron chi connectivity index (χ0n) is 18.6. The lowest BCUT2D eigenvalue weighted by Crippen LogP contribution is -2.44. The van der Waals surface area contributed by atoms with Crippen LogP contribution in [-0.2, 0) is 9.59 Å². The first-order chi connectivity index (χ1) is 16.5. The minimum absolute atomic E-state index is 0.00277. The van der Waals surface area contributed by atoms with E-state index in [1.54, 1.807) is 12.3 Å². The molecule has 1 aromatic carbocycles. The van der Waals surface area contributed by atoms with Crippen LogP contribution in [0.1, 0.15) is 36.4 Å². The van der Waals surface area contributed by atoms with E-state index in [2.05, 4.69) is 42.6 Å². The third-order valence-corrected chi connectivity index (χ3v) is 6.84. The minimum Gasteiger partial charge on any atom is -0.362 e. The van der Waals surface area contributed by atoms with E-state index in [0.717, 1.165) is 27.1 Å². The van der Waals surface area contributed by atoms with Crippen LogP contribution in [0.2, 0.25) is 0 Å². The topological polar surface area (TPSA) is 85.2 Å². The minimum atomic E-state index is -0.471. The molecule has 7 heteroatoms. The summed E-state index contributed by atoms with van der Waals surface area (Å²) >= 11 is 3.36. The Morgan fingerprint density at radius 2 is 1.88 bits per heavy atom. The molecule has 0 fully saturated rings. The molecule has 0 saturated heterocycles. The number of aromatic nitrogens is 2. The number of carbonyl (C=O) groups excluding carboxylic acids is 2. The van der Waals surface area contributed by atoms with Crippen molar-refractivity contribution in [2.45, 2.75) is 25.2 Å². The summed E-state index contributed by atoms with van der Waals surface area (Å²) in [5.41, 5.74) is 4.03. The molecule has 2 aliphatic rings. The summed E-state index contributed by atoms with van der Waals surface area (Å²) in [4.78, 5) is 34.6. The van der Waals surface area contributed by atoms with Gasteiger partial charge < -0.3 is 10.6 Å². The van der Waals surface area contributed by atoms with Crippen LogP contribution in [0.3, 0.4) is 0 Å². The maximum atomic E-state index is 13.6. The lowest BCUT2D eigenvalue weighted by molar-refractivity contribution is -0.392. The summed E-state index contributed by atoms with van der Waals surface area (Å²) in [5, 5.41) is 6.29. The highest BCUT2D eigenvalue weighted by molar-refractivity contribution is 9.10. The quantitative estimate of drug-likeness (QED) is 0.535. The van der Waals surface area contributed by atoms with E-state index in [0.29, 0.717) is 17.8 Å². The number of nitrogens with one attached hydrogen (secondary N) is 3. The molecule has 3 N–H and O–H groups in total. The van der Waals surface area contributed by atoms with Gasteiger partial charge in [-0.1, -0.05) is 42.5 Å². The van der Waals surface area contributed by atoms with Gasteiger partial charge in [-0.15, -0.1) is 0 Å². The lowest BCUT2D eigenvalue weighted by Gasteiger charge is -2.38. The molecule has 0 bridgehead atoms. The average Bonchev–Trinajstić information content (AvgIpc) is 2.85. The fourth-order valence-corrected chi connectivity index (χ4v) is 5.09. The molecular weight excluding hydrogens is 492 g/mol. The smallest absolute Gasteiger partial charge is 0.255 e. The molecule has 5 rings (SSSR count). The molecule has 3 aromatic rings.